The smallest absolute Gasteiger partial charge is 0.225 e. The molecule has 0 aliphatic carbocycles. The lowest BCUT2D eigenvalue weighted by molar-refractivity contribution is 0.0572. The molecule has 1 fully saturated rings. The zero-order chi connectivity index (χ0) is 12.0. The highest BCUT2D eigenvalue weighted by atomic mass is 35.5. The van der Waals surface area contributed by atoms with E-state index in [9.17, 15) is 10.2 Å². The quantitative estimate of drug-likeness (QED) is 0.754. The molecule has 90 valence electrons. The predicted octanol–water partition coefficient (Wildman–Crippen LogP) is 0.887. The minimum Gasteiger partial charge on any atom is -0.389 e. The molecular weight excluding hydrogens is 262 g/mol. The SMILES string of the molecule is OC1CN(c2nc(Cl)nc3sccc23)CC1O. The number of β-amino-alcohol motifs (C(OH)–C–C–N with tert-alkyl or cyclic N) is 2. The van der Waals surface area contributed by atoms with E-state index in [1.165, 1.54) is 11.3 Å². The first kappa shape index (κ1) is 11.2. The Bertz CT molecular complexity index is 551. The summed E-state index contributed by atoms with van der Waals surface area (Å²) in [5, 5.41) is 22.1. The topological polar surface area (TPSA) is 69.5 Å². The summed E-state index contributed by atoms with van der Waals surface area (Å²) in [6.45, 7) is 0.721. The molecule has 1 aliphatic heterocycles. The van der Waals surface area contributed by atoms with E-state index in [0.29, 0.717) is 18.9 Å². The van der Waals surface area contributed by atoms with Gasteiger partial charge >= 0.3 is 0 Å². The van der Waals surface area contributed by atoms with Crippen LogP contribution in [0.4, 0.5) is 5.82 Å². The third-order valence-corrected chi connectivity index (χ3v) is 3.81. The Morgan fingerprint density at radius 2 is 2.00 bits per heavy atom. The van der Waals surface area contributed by atoms with Crippen LogP contribution in [0.25, 0.3) is 10.2 Å². The van der Waals surface area contributed by atoms with Crippen molar-refractivity contribution in [3.8, 4) is 0 Å². The Morgan fingerprint density at radius 3 is 2.71 bits per heavy atom. The zero-order valence-corrected chi connectivity index (χ0v) is 10.3. The summed E-state index contributed by atoms with van der Waals surface area (Å²) in [5.74, 6) is 0.678. The first-order valence-electron chi connectivity index (χ1n) is 5.17. The molecule has 2 unspecified atom stereocenters. The van der Waals surface area contributed by atoms with Crippen molar-refractivity contribution < 1.29 is 10.2 Å². The highest BCUT2D eigenvalue weighted by Crippen LogP contribution is 2.30. The maximum absolute atomic E-state index is 9.56. The second-order valence-corrected chi connectivity index (χ2v) is 5.23. The van der Waals surface area contributed by atoms with Crippen molar-refractivity contribution in [3.63, 3.8) is 0 Å². The molecule has 2 atom stereocenters. The molecule has 2 N–H and O–H groups in total. The Labute approximate surface area is 106 Å². The second-order valence-electron chi connectivity index (χ2n) is 4.00. The largest absolute Gasteiger partial charge is 0.389 e. The van der Waals surface area contributed by atoms with Crippen molar-refractivity contribution in [2.24, 2.45) is 0 Å². The molecule has 2 aromatic rings. The standard InChI is InChI=1S/C10H10ClN3O2S/c11-10-12-8(5-1-2-17-9(5)13-10)14-3-6(15)7(16)4-14/h1-2,6-7,15-16H,3-4H2. The van der Waals surface area contributed by atoms with Crippen LogP contribution in [-0.4, -0.2) is 45.5 Å². The maximum atomic E-state index is 9.56. The van der Waals surface area contributed by atoms with Gasteiger partial charge in [-0.15, -0.1) is 11.3 Å². The van der Waals surface area contributed by atoms with Crippen LogP contribution in [0.1, 0.15) is 0 Å². The molecule has 3 rings (SSSR count). The number of nitrogens with zero attached hydrogens (tertiary/aromatic N) is 3. The van der Waals surface area contributed by atoms with Crippen molar-refractivity contribution in [2.45, 2.75) is 12.2 Å². The summed E-state index contributed by atoms with van der Waals surface area (Å²) < 4.78 is 0. The first-order valence-corrected chi connectivity index (χ1v) is 6.43. The monoisotopic (exact) mass is 271 g/mol. The lowest BCUT2D eigenvalue weighted by atomic mass is 10.3. The Kier molecular flexibility index (Phi) is 2.67. The van der Waals surface area contributed by atoms with E-state index >= 15 is 0 Å². The number of anilines is 1. The molecule has 0 spiro atoms. The molecule has 5 nitrogen and oxygen atoms in total. The lowest BCUT2D eigenvalue weighted by Gasteiger charge is -2.17. The van der Waals surface area contributed by atoms with E-state index in [1.54, 1.807) is 0 Å². The van der Waals surface area contributed by atoms with Gasteiger partial charge in [0.2, 0.25) is 5.28 Å². The van der Waals surface area contributed by atoms with E-state index in [2.05, 4.69) is 9.97 Å². The summed E-state index contributed by atoms with van der Waals surface area (Å²) >= 11 is 7.35. The van der Waals surface area contributed by atoms with Gasteiger partial charge in [-0.05, 0) is 23.0 Å². The number of hydrogen-bond acceptors (Lipinski definition) is 6. The molecule has 3 heterocycles. The fourth-order valence-corrected chi connectivity index (χ4v) is 2.97. The van der Waals surface area contributed by atoms with Gasteiger partial charge < -0.3 is 15.1 Å². The number of rotatable bonds is 1. The fourth-order valence-electron chi connectivity index (χ4n) is 2.00. The second kappa shape index (κ2) is 4.06. The minimum atomic E-state index is -0.738. The van der Waals surface area contributed by atoms with Gasteiger partial charge in [0, 0.05) is 13.1 Å². The first-order chi connectivity index (χ1) is 8.15. The highest BCUT2D eigenvalue weighted by Gasteiger charge is 2.31. The fraction of sp³-hybridized carbons (Fsp3) is 0.400. The third-order valence-electron chi connectivity index (χ3n) is 2.84. The van der Waals surface area contributed by atoms with E-state index < -0.39 is 12.2 Å². The molecule has 1 aliphatic rings. The number of thiophene rings is 1. The lowest BCUT2D eigenvalue weighted by Crippen LogP contribution is -2.22. The van der Waals surface area contributed by atoms with Gasteiger partial charge in [-0.3, -0.25) is 0 Å². The van der Waals surface area contributed by atoms with E-state index in [-0.39, 0.29) is 5.28 Å². The summed E-state index contributed by atoms with van der Waals surface area (Å²) in [7, 11) is 0. The van der Waals surface area contributed by atoms with Crippen LogP contribution in [0.3, 0.4) is 0 Å². The Balaban J connectivity index is 2.08. The summed E-state index contributed by atoms with van der Waals surface area (Å²) in [4.78, 5) is 11.0. The van der Waals surface area contributed by atoms with Crippen LogP contribution < -0.4 is 4.90 Å². The Morgan fingerprint density at radius 1 is 1.29 bits per heavy atom. The van der Waals surface area contributed by atoms with Crippen molar-refractivity contribution in [2.75, 3.05) is 18.0 Å². The molecule has 17 heavy (non-hydrogen) atoms. The maximum Gasteiger partial charge on any atom is 0.225 e. The molecule has 0 amide bonds. The molecule has 2 aromatic heterocycles. The van der Waals surface area contributed by atoms with Crippen LogP contribution in [0.2, 0.25) is 5.28 Å². The van der Waals surface area contributed by atoms with E-state index in [0.717, 1.165) is 10.2 Å². The molecule has 7 heteroatoms. The average molecular weight is 272 g/mol. The van der Waals surface area contributed by atoms with Crippen molar-refractivity contribution in [3.05, 3.63) is 16.7 Å². The van der Waals surface area contributed by atoms with Gasteiger partial charge in [-0.25, -0.2) is 4.98 Å². The number of halogens is 1. The van der Waals surface area contributed by atoms with Gasteiger partial charge in [0.25, 0.3) is 0 Å². The number of aromatic nitrogens is 2. The molecular formula is C10H10ClN3O2S. The van der Waals surface area contributed by atoms with Crippen LogP contribution >= 0.6 is 22.9 Å². The number of aliphatic hydroxyl groups excluding tert-OH is 2. The predicted molar refractivity (Wildman–Crippen MR) is 66.7 cm³/mol. The van der Waals surface area contributed by atoms with Crippen molar-refractivity contribution in [1.82, 2.24) is 9.97 Å². The molecule has 0 bridgehead atoms. The van der Waals surface area contributed by atoms with Crippen LogP contribution in [0.5, 0.6) is 0 Å². The number of fused-ring (bicyclic) bond motifs is 1. The average Bonchev–Trinajstić information content (AvgIpc) is 2.85. The van der Waals surface area contributed by atoms with Gasteiger partial charge in [0.1, 0.15) is 10.6 Å². The van der Waals surface area contributed by atoms with Crippen LogP contribution in [0, 0.1) is 0 Å². The molecule has 0 saturated carbocycles. The third kappa shape index (κ3) is 1.87. The Hall–Kier alpha value is -0.950. The van der Waals surface area contributed by atoms with Crippen molar-refractivity contribution in [1.29, 1.82) is 0 Å². The summed E-state index contributed by atoms with van der Waals surface area (Å²) in [6, 6.07) is 1.92. The summed E-state index contributed by atoms with van der Waals surface area (Å²) in [6.07, 6.45) is -1.48. The zero-order valence-electron chi connectivity index (χ0n) is 8.75. The summed E-state index contributed by atoms with van der Waals surface area (Å²) in [5.41, 5.74) is 0. The van der Waals surface area contributed by atoms with Crippen molar-refractivity contribution >= 4 is 39.0 Å². The van der Waals surface area contributed by atoms with E-state index in [1.807, 2.05) is 16.3 Å². The molecule has 0 aromatic carbocycles. The molecule has 0 radical (unpaired) electrons. The van der Waals surface area contributed by atoms with Gasteiger partial charge in [-0.1, -0.05) is 0 Å². The van der Waals surface area contributed by atoms with E-state index in [4.69, 9.17) is 11.6 Å². The highest BCUT2D eigenvalue weighted by molar-refractivity contribution is 7.16. The van der Waals surface area contributed by atoms with Gasteiger partial charge in [-0.2, -0.15) is 4.98 Å². The van der Waals surface area contributed by atoms with Crippen LogP contribution in [0.15, 0.2) is 11.4 Å². The number of aliphatic hydroxyl groups is 2. The van der Waals surface area contributed by atoms with Crippen LogP contribution in [-0.2, 0) is 0 Å². The number of hydrogen-bond donors (Lipinski definition) is 2. The molecule has 1 saturated heterocycles. The van der Waals surface area contributed by atoms with Gasteiger partial charge in [0.15, 0.2) is 0 Å². The minimum absolute atomic E-state index is 0.186. The van der Waals surface area contributed by atoms with Gasteiger partial charge in [0.05, 0.1) is 17.6 Å². The normalized spacial score (nSPS) is 24.8.